The Morgan fingerprint density at radius 3 is 1.52 bits per heavy atom. The minimum atomic E-state index is -0.664. The smallest absolute Gasteiger partial charge is 0.303 e. The van der Waals surface area contributed by atoms with Crippen molar-refractivity contribution in [3.05, 3.63) is 12.2 Å². The van der Waals surface area contributed by atoms with Crippen molar-refractivity contribution in [2.75, 3.05) is 6.54 Å². The largest absolute Gasteiger partial charge is 0.481 e. The molecule has 0 aliphatic rings. The Balaban J connectivity index is 0. The van der Waals surface area contributed by atoms with Gasteiger partial charge in [-0.25, -0.2) is 0 Å². The maximum atomic E-state index is 10.3. The monoisotopic (exact) mass is 383 g/mol. The first kappa shape index (κ1) is 28.4. The summed E-state index contributed by atoms with van der Waals surface area (Å²) in [5.41, 5.74) is 5.27. The van der Waals surface area contributed by atoms with E-state index in [0.29, 0.717) is 6.42 Å². The first-order valence-electron chi connectivity index (χ1n) is 11.8. The third-order valence-electron chi connectivity index (χ3n) is 4.71. The normalized spacial score (nSPS) is 10.8. The van der Waals surface area contributed by atoms with Crippen LogP contribution in [0.15, 0.2) is 12.2 Å². The highest BCUT2D eigenvalue weighted by atomic mass is 16.4. The summed E-state index contributed by atoms with van der Waals surface area (Å²) in [7, 11) is 0. The fourth-order valence-electron chi connectivity index (χ4n) is 2.92. The Bertz CT molecular complexity index is 299. The molecule has 0 rings (SSSR count). The molecule has 3 N–H and O–H groups in total. The van der Waals surface area contributed by atoms with Gasteiger partial charge in [0.15, 0.2) is 0 Å². The van der Waals surface area contributed by atoms with Crippen LogP contribution in [0.2, 0.25) is 0 Å². The fraction of sp³-hybridized carbons (Fsp3) is 0.875. The molecule has 0 amide bonds. The zero-order valence-electron chi connectivity index (χ0n) is 18.5. The van der Waals surface area contributed by atoms with Gasteiger partial charge in [0.05, 0.1) is 0 Å². The van der Waals surface area contributed by atoms with E-state index in [0.717, 1.165) is 19.4 Å². The van der Waals surface area contributed by atoms with Gasteiger partial charge in [0.1, 0.15) is 0 Å². The quantitative estimate of drug-likeness (QED) is 0.178. The number of unbranched alkanes of at least 4 members (excludes halogenated alkanes) is 14. The topological polar surface area (TPSA) is 63.3 Å². The van der Waals surface area contributed by atoms with Crippen molar-refractivity contribution in [2.45, 2.75) is 129 Å². The molecule has 3 nitrogen and oxygen atoms in total. The molecule has 0 saturated heterocycles. The van der Waals surface area contributed by atoms with Gasteiger partial charge in [-0.3, -0.25) is 4.79 Å². The minimum absolute atomic E-state index is 0.332. The summed E-state index contributed by atoms with van der Waals surface area (Å²) in [5.74, 6) is -0.664. The van der Waals surface area contributed by atoms with E-state index in [1.165, 1.54) is 96.3 Å². The number of aliphatic carboxylic acids is 1. The lowest BCUT2D eigenvalue weighted by atomic mass is 10.1. The summed E-state index contributed by atoms with van der Waals surface area (Å²) >= 11 is 0. The average Bonchev–Trinajstić information content (AvgIpc) is 2.65. The molecule has 27 heavy (non-hydrogen) atoms. The first-order chi connectivity index (χ1) is 13.2. The minimum Gasteiger partial charge on any atom is -0.481 e. The molecule has 0 aromatic rings. The summed E-state index contributed by atoms with van der Waals surface area (Å²) in [5, 5.41) is 8.51. The molecular weight excluding hydrogens is 334 g/mol. The lowest BCUT2D eigenvalue weighted by Gasteiger charge is -1.99. The number of hydrogen-bond acceptors (Lipinski definition) is 2. The van der Waals surface area contributed by atoms with Crippen LogP contribution in [0.25, 0.3) is 0 Å². The number of carboxylic acid groups (broad SMARTS) is 1. The van der Waals surface area contributed by atoms with Crippen molar-refractivity contribution in [1.82, 2.24) is 0 Å². The molecule has 0 spiro atoms. The predicted molar refractivity (Wildman–Crippen MR) is 120 cm³/mol. The number of carbonyl (C=O) groups is 1. The van der Waals surface area contributed by atoms with Gasteiger partial charge < -0.3 is 10.8 Å². The SMILES string of the molecule is CCCCCCCC/C=C\CCCCCCCC(=O)O.CCCCCCN. The fourth-order valence-corrected chi connectivity index (χ4v) is 2.92. The summed E-state index contributed by atoms with van der Waals surface area (Å²) in [6, 6.07) is 0. The molecule has 0 unspecified atom stereocenters. The summed E-state index contributed by atoms with van der Waals surface area (Å²) < 4.78 is 0. The highest BCUT2D eigenvalue weighted by Gasteiger charge is 1.95. The Morgan fingerprint density at radius 1 is 0.667 bits per heavy atom. The molecule has 0 fully saturated rings. The Morgan fingerprint density at radius 2 is 1.07 bits per heavy atom. The molecule has 0 aliphatic heterocycles. The molecular formula is C24H49NO2. The number of hydrogen-bond donors (Lipinski definition) is 2. The van der Waals surface area contributed by atoms with Crippen LogP contribution in [0.1, 0.15) is 129 Å². The standard InChI is InChI=1S/C18H34O2.C6H15N/c1-2-3-4-5-6-7-8-9-10-11-12-13-14-15-16-17-18(19)20;1-2-3-4-5-6-7/h9-10H,2-8,11-17H2,1H3,(H,19,20);2-7H2,1H3/b10-9-;. The second kappa shape index (κ2) is 27.4. The van der Waals surface area contributed by atoms with E-state index < -0.39 is 5.97 Å². The highest BCUT2D eigenvalue weighted by Crippen LogP contribution is 2.09. The molecule has 0 bridgehead atoms. The second-order valence-corrected chi connectivity index (χ2v) is 7.58. The molecule has 3 heteroatoms. The van der Waals surface area contributed by atoms with Crippen LogP contribution in [0.3, 0.4) is 0 Å². The molecule has 0 aromatic carbocycles. The maximum absolute atomic E-state index is 10.3. The Hall–Kier alpha value is -0.830. The van der Waals surface area contributed by atoms with E-state index in [1.54, 1.807) is 0 Å². The van der Waals surface area contributed by atoms with Gasteiger partial charge >= 0.3 is 5.97 Å². The summed E-state index contributed by atoms with van der Waals surface area (Å²) in [4.78, 5) is 10.3. The number of carboxylic acids is 1. The van der Waals surface area contributed by atoms with Gasteiger partial charge in [-0.05, 0) is 45.1 Å². The van der Waals surface area contributed by atoms with E-state index in [-0.39, 0.29) is 0 Å². The van der Waals surface area contributed by atoms with Crippen molar-refractivity contribution >= 4 is 5.97 Å². The highest BCUT2D eigenvalue weighted by molar-refractivity contribution is 5.66. The van der Waals surface area contributed by atoms with E-state index in [4.69, 9.17) is 10.8 Å². The third-order valence-corrected chi connectivity index (χ3v) is 4.71. The molecule has 0 heterocycles. The first-order valence-corrected chi connectivity index (χ1v) is 11.8. The molecule has 162 valence electrons. The van der Waals surface area contributed by atoms with E-state index >= 15 is 0 Å². The zero-order chi connectivity index (χ0) is 20.4. The number of nitrogens with two attached hydrogens (primary N) is 1. The Kier molecular flexibility index (Phi) is 28.8. The van der Waals surface area contributed by atoms with E-state index in [1.807, 2.05) is 0 Å². The van der Waals surface area contributed by atoms with Gasteiger partial charge in [0, 0.05) is 6.42 Å². The third kappa shape index (κ3) is 33.2. The predicted octanol–water partition coefficient (Wildman–Crippen LogP) is 7.63. The second-order valence-electron chi connectivity index (χ2n) is 7.58. The molecule has 0 atom stereocenters. The van der Waals surface area contributed by atoms with Crippen molar-refractivity contribution < 1.29 is 9.90 Å². The van der Waals surface area contributed by atoms with Crippen LogP contribution in [0.5, 0.6) is 0 Å². The molecule has 0 aromatic heterocycles. The lowest BCUT2D eigenvalue weighted by molar-refractivity contribution is -0.137. The van der Waals surface area contributed by atoms with Crippen LogP contribution in [0.4, 0.5) is 0 Å². The van der Waals surface area contributed by atoms with Crippen molar-refractivity contribution in [1.29, 1.82) is 0 Å². The van der Waals surface area contributed by atoms with Gasteiger partial charge in [-0.15, -0.1) is 0 Å². The van der Waals surface area contributed by atoms with Gasteiger partial charge in [0.25, 0.3) is 0 Å². The van der Waals surface area contributed by atoms with E-state index in [2.05, 4.69) is 26.0 Å². The number of allylic oxidation sites excluding steroid dienone is 2. The van der Waals surface area contributed by atoms with Crippen LogP contribution in [0, 0.1) is 0 Å². The van der Waals surface area contributed by atoms with Crippen molar-refractivity contribution in [2.24, 2.45) is 5.73 Å². The molecule has 0 aliphatic carbocycles. The van der Waals surface area contributed by atoms with Crippen LogP contribution >= 0.6 is 0 Å². The maximum Gasteiger partial charge on any atom is 0.303 e. The van der Waals surface area contributed by atoms with Crippen molar-refractivity contribution in [3.8, 4) is 0 Å². The van der Waals surface area contributed by atoms with Crippen molar-refractivity contribution in [3.63, 3.8) is 0 Å². The Labute approximate surface area is 170 Å². The van der Waals surface area contributed by atoms with E-state index in [9.17, 15) is 4.79 Å². The molecule has 0 saturated carbocycles. The van der Waals surface area contributed by atoms with Gasteiger partial charge in [-0.2, -0.15) is 0 Å². The summed E-state index contributed by atoms with van der Waals surface area (Å²) in [6.45, 7) is 5.32. The number of rotatable bonds is 19. The van der Waals surface area contributed by atoms with Gasteiger partial charge in [0.2, 0.25) is 0 Å². The van der Waals surface area contributed by atoms with Crippen LogP contribution in [-0.2, 0) is 4.79 Å². The van der Waals surface area contributed by atoms with Crippen LogP contribution in [-0.4, -0.2) is 17.6 Å². The average molecular weight is 384 g/mol. The zero-order valence-corrected chi connectivity index (χ0v) is 18.5. The molecule has 0 radical (unpaired) electrons. The van der Waals surface area contributed by atoms with Gasteiger partial charge in [-0.1, -0.05) is 96.6 Å². The summed E-state index contributed by atoms with van der Waals surface area (Å²) in [6.07, 6.45) is 26.4. The lowest BCUT2D eigenvalue weighted by Crippen LogP contribution is -1.97. The van der Waals surface area contributed by atoms with Crippen LogP contribution < -0.4 is 5.73 Å².